The number of aryl methyl sites for hydroxylation is 1. The summed E-state index contributed by atoms with van der Waals surface area (Å²) < 4.78 is 0. The molecule has 1 amide bonds. The summed E-state index contributed by atoms with van der Waals surface area (Å²) in [6.45, 7) is 2.07. The topological polar surface area (TPSA) is 20.3 Å². The monoisotopic (exact) mass is 313 g/mol. The number of anilines is 1. The average Bonchev–Trinajstić information content (AvgIpc) is 2.63. The molecule has 4 rings (SSSR count). The first-order chi connectivity index (χ1) is 11.8. The molecule has 1 heterocycles. The fourth-order valence-corrected chi connectivity index (χ4v) is 3.46. The summed E-state index contributed by atoms with van der Waals surface area (Å²) in [5.41, 5.74) is 4.43. The summed E-state index contributed by atoms with van der Waals surface area (Å²) in [7, 11) is 0. The lowest BCUT2D eigenvalue weighted by Gasteiger charge is -2.47. The molecule has 1 saturated heterocycles. The molecule has 0 aliphatic carbocycles. The number of benzene rings is 3. The Kier molecular flexibility index (Phi) is 3.66. The van der Waals surface area contributed by atoms with Crippen molar-refractivity contribution in [3.63, 3.8) is 0 Å². The van der Waals surface area contributed by atoms with E-state index in [9.17, 15) is 4.79 Å². The van der Waals surface area contributed by atoms with Crippen molar-refractivity contribution in [2.45, 2.75) is 18.9 Å². The Morgan fingerprint density at radius 1 is 0.708 bits per heavy atom. The Morgan fingerprint density at radius 2 is 1.29 bits per heavy atom. The Balaban J connectivity index is 1.77. The lowest BCUT2D eigenvalue weighted by molar-refractivity contribution is -0.126. The van der Waals surface area contributed by atoms with E-state index in [1.165, 1.54) is 11.1 Å². The number of amides is 1. The first-order valence-electron chi connectivity index (χ1n) is 8.25. The maximum Gasteiger partial charge on any atom is 0.237 e. The number of hydrogen-bond acceptors (Lipinski definition) is 1. The van der Waals surface area contributed by atoms with Gasteiger partial charge in [-0.3, -0.25) is 4.79 Å². The van der Waals surface area contributed by atoms with E-state index < -0.39 is 0 Å². The van der Waals surface area contributed by atoms with Crippen molar-refractivity contribution in [3.05, 3.63) is 102 Å². The minimum absolute atomic E-state index is 0.0452. The van der Waals surface area contributed by atoms with Crippen molar-refractivity contribution in [3.8, 4) is 0 Å². The molecule has 2 nitrogen and oxygen atoms in total. The molecule has 0 radical (unpaired) electrons. The van der Waals surface area contributed by atoms with Gasteiger partial charge in [0.25, 0.3) is 0 Å². The Hall–Kier alpha value is -2.87. The number of rotatable bonds is 3. The van der Waals surface area contributed by atoms with Crippen molar-refractivity contribution in [1.29, 1.82) is 0 Å². The third-order valence-corrected chi connectivity index (χ3v) is 4.71. The summed E-state index contributed by atoms with van der Waals surface area (Å²) in [4.78, 5) is 14.9. The van der Waals surface area contributed by atoms with Gasteiger partial charge in [-0.25, -0.2) is 0 Å². The highest BCUT2D eigenvalue weighted by atomic mass is 16.2. The van der Waals surface area contributed by atoms with Crippen molar-refractivity contribution < 1.29 is 4.79 Å². The van der Waals surface area contributed by atoms with Crippen LogP contribution in [0.1, 0.15) is 28.7 Å². The highest BCUT2D eigenvalue weighted by molar-refractivity contribution is 6.06. The highest BCUT2D eigenvalue weighted by Crippen LogP contribution is 2.48. The zero-order valence-corrected chi connectivity index (χ0v) is 13.6. The van der Waals surface area contributed by atoms with Crippen LogP contribution < -0.4 is 4.90 Å². The van der Waals surface area contributed by atoms with Gasteiger partial charge in [-0.1, -0.05) is 78.4 Å². The molecule has 0 saturated carbocycles. The third-order valence-electron chi connectivity index (χ3n) is 4.71. The zero-order chi connectivity index (χ0) is 16.5. The first kappa shape index (κ1) is 14.7. The largest absolute Gasteiger partial charge is 0.303 e. The molecule has 3 aromatic rings. The summed E-state index contributed by atoms with van der Waals surface area (Å²) in [5.74, 6) is 0.0483. The molecule has 0 bridgehead atoms. The third kappa shape index (κ3) is 2.41. The molecule has 1 fully saturated rings. The highest BCUT2D eigenvalue weighted by Gasteiger charge is 2.49. The SMILES string of the molecule is Cc1ccc([C@H]2C(=O)N(c3ccccc3)[C@H]2c2ccccc2)cc1. The summed E-state index contributed by atoms with van der Waals surface area (Å²) in [6.07, 6.45) is 0. The number of para-hydroxylation sites is 1. The lowest BCUT2D eigenvalue weighted by atomic mass is 9.77. The van der Waals surface area contributed by atoms with Crippen molar-refractivity contribution >= 4 is 11.6 Å². The van der Waals surface area contributed by atoms with Gasteiger partial charge in [0, 0.05) is 5.69 Å². The van der Waals surface area contributed by atoms with E-state index in [0.29, 0.717) is 0 Å². The molecule has 0 spiro atoms. The molecule has 2 atom stereocenters. The van der Waals surface area contributed by atoms with Crippen LogP contribution in [0.3, 0.4) is 0 Å². The van der Waals surface area contributed by atoms with Crippen LogP contribution in [0.2, 0.25) is 0 Å². The van der Waals surface area contributed by atoms with E-state index in [0.717, 1.165) is 11.3 Å². The van der Waals surface area contributed by atoms with Gasteiger partial charge in [-0.05, 0) is 30.2 Å². The maximum atomic E-state index is 13.0. The van der Waals surface area contributed by atoms with Crippen molar-refractivity contribution in [2.75, 3.05) is 4.90 Å². The standard InChI is InChI=1S/C22H19NO/c1-16-12-14-17(15-13-16)20-21(18-8-4-2-5-9-18)23(22(20)24)19-10-6-3-7-11-19/h2-15,20-21H,1H3/t20-,21+/m1/s1. The second kappa shape index (κ2) is 5.97. The van der Waals surface area contributed by atoms with Crippen LogP contribution in [0, 0.1) is 6.92 Å². The van der Waals surface area contributed by atoms with Crippen molar-refractivity contribution in [1.82, 2.24) is 0 Å². The maximum absolute atomic E-state index is 13.0. The second-order valence-electron chi connectivity index (χ2n) is 6.29. The van der Waals surface area contributed by atoms with E-state index >= 15 is 0 Å². The summed E-state index contributed by atoms with van der Waals surface area (Å²) in [5, 5.41) is 0. The van der Waals surface area contributed by atoms with Gasteiger partial charge in [0.05, 0.1) is 12.0 Å². The molecule has 3 aromatic carbocycles. The van der Waals surface area contributed by atoms with E-state index in [1.54, 1.807) is 0 Å². The molecule has 1 aliphatic rings. The van der Waals surface area contributed by atoms with Gasteiger partial charge in [0.1, 0.15) is 0 Å². The van der Waals surface area contributed by atoms with E-state index in [1.807, 2.05) is 53.4 Å². The van der Waals surface area contributed by atoms with Crippen LogP contribution in [0.25, 0.3) is 0 Å². The molecule has 2 heteroatoms. The Morgan fingerprint density at radius 3 is 1.92 bits per heavy atom. The van der Waals surface area contributed by atoms with Gasteiger partial charge in [0.2, 0.25) is 5.91 Å². The van der Waals surface area contributed by atoms with Gasteiger partial charge >= 0.3 is 0 Å². The van der Waals surface area contributed by atoms with Crippen LogP contribution in [0.5, 0.6) is 0 Å². The molecule has 24 heavy (non-hydrogen) atoms. The first-order valence-corrected chi connectivity index (χ1v) is 8.25. The number of hydrogen-bond donors (Lipinski definition) is 0. The van der Waals surface area contributed by atoms with E-state index in [4.69, 9.17) is 0 Å². The summed E-state index contributed by atoms with van der Waals surface area (Å²) >= 11 is 0. The Labute approximate surface area is 142 Å². The van der Waals surface area contributed by atoms with Crippen LogP contribution in [0.15, 0.2) is 84.9 Å². The number of carbonyl (C=O) groups excluding carboxylic acids is 1. The lowest BCUT2D eigenvalue weighted by Crippen LogP contribution is -2.53. The summed E-state index contributed by atoms with van der Waals surface area (Å²) in [6, 6.07) is 28.6. The van der Waals surface area contributed by atoms with E-state index in [2.05, 4.69) is 43.3 Å². The quantitative estimate of drug-likeness (QED) is 0.632. The number of β-lactam (4-membered cyclic amide) rings is 1. The van der Waals surface area contributed by atoms with Gasteiger partial charge in [0.15, 0.2) is 0 Å². The normalized spacial score (nSPS) is 19.9. The van der Waals surface area contributed by atoms with Gasteiger partial charge in [-0.2, -0.15) is 0 Å². The molecule has 1 aliphatic heterocycles. The predicted molar refractivity (Wildman–Crippen MR) is 97.0 cm³/mol. The van der Waals surface area contributed by atoms with E-state index in [-0.39, 0.29) is 17.9 Å². The minimum atomic E-state index is -0.117. The minimum Gasteiger partial charge on any atom is -0.303 e. The second-order valence-corrected chi connectivity index (χ2v) is 6.29. The molecule has 0 unspecified atom stereocenters. The van der Waals surface area contributed by atoms with Gasteiger partial charge in [-0.15, -0.1) is 0 Å². The van der Waals surface area contributed by atoms with Crippen LogP contribution in [-0.2, 0) is 4.79 Å². The van der Waals surface area contributed by atoms with Crippen LogP contribution >= 0.6 is 0 Å². The predicted octanol–water partition coefficient (Wildman–Crippen LogP) is 4.87. The molecule has 118 valence electrons. The molecular formula is C22H19NO. The number of carbonyl (C=O) groups is 1. The van der Waals surface area contributed by atoms with Crippen LogP contribution in [0.4, 0.5) is 5.69 Å². The smallest absolute Gasteiger partial charge is 0.237 e. The fraction of sp³-hybridized carbons (Fsp3) is 0.136. The fourth-order valence-electron chi connectivity index (χ4n) is 3.46. The molecule has 0 N–H and O–H groups in total. The molecular weight excluding hydrogens is 294 g/mol. The average molecular weight is 313 g/mol. The van der Waals surface area contributed by atoms with Crippen LogP contribution in [-0.4, -0.2) is 5.91 Å². The van der Waals surface area contributed by atoms with Gasteiger partial charge < -0.3 is 4.90 Å². The number of nitrogens with zero attached hydrogens (tertiary/aromatic N) is 1. The molecule has 0 aromatic heterocycles. The zero-order valence-electron chi connectivity index (χ0n) is 13.6. The Bertz CT molecular complexity index is 840. The van der Waals surface area contributed by atoms with Crippen molar-refractivity contribution in [2.24, 2.45) is 0 Å².